The van der Waals surface area contributed by atoms with Crippen LogP contribution >= 0.6 is 0 Å². The second-order valence-corrected chi connectivity index (χ2v) is 8.68. The molecule has 1 aromatic rings. The highest BCUT2D eigenvalue weighted by molar-refractivity contribution is 7.89. The lowest BCUT2D eigenvalue weighted by atomic mass is 9.97. The first kappa shape index (κ1) is 18.1. The second kappa shape index (κ2) is 6.90. The van der Waals surface area contributed by atoms with Gasteiger partial charge in [0.15, 0.2) is 0 Å². The average molecular weight is 312 g/mol. The molecule has 21 heavy (non-hydrogen) atoms. The number of benzene rings is 1. The van der Waals surface area contributed by atoms with E-state index >= 15 is 0 Å². The van der Waals surface area contributed by atoms with Crippen molar-refractivity contribution in [2.75, 3.05) is 20.6 Å². The first-order valence-corrected chi connectivity index (χ1v) is 8.78. The molecule has 120 valence electrons. The molecule has 1 aromatic carbocycles. The SMILES string of the molecule is CCc1ccc(S(=O)(=O)N(C)CC(C)(C)C)cc1CNC. The van der Waals surface area contributed by atoms with Gasteiger partial charge < -0.3 is 5.32 Å². The van der Waals surface area contributed by atoms with E-state index in [4.69, 9.17) is 0 Å². The monoisotopic (exact) mass is 312 g/mol. The van der Waals surface area contributed by atoms with Gasteiger partial charge >= 0.3 is 0 Å². The molecule has 0 spiro atoms. The molecular formula is C16H28N2O2S. The predicted octanol–water partition coefficient (Wildman–Crippen LogP) is 2.64. The summed E-state index contributed by atoms with van der Waals surface area (Å²) in [5.41, 5.74) is 2.16. The molecule has 0 unspecified atom stereocenters. The molecular weight excluding hydrogens is 284 g/mol. The van der Waals surface area contributed by atoms with E-state index in [9.17, 15) is 8.42 Å². The van der Waals surface area contributed by atoms with Crippen molar-refractivity contribution in [2.45, 2.75) is 45.6 Å². The quantitative estimate of drug-likeness (QED) is 0.878. The fourth-order valence-electron chi connectivity index (χ4n) is 2.40. The largest absolute Gasteiger partial charge is 0.316 e. The van der Waals surface area contributed by atoms with Crippen molar-refractivity contribution in [1.29, 1.82) is 0 Å². The summed E-state index contributed by atoms with van der Waals surface area (Å²) in [6.45, 7) is 9.35. The predicted molar refractivity (Wildman–Crippen MR) is 87.9 cm³/mol. The number of nitrogens with one attached hydrogen (secondary N) is 1. The molecule has 0 aromatic heterocycles. The number of hydrogen-bond acceptors (Lipinski definition) is 3. The molecule has 4 nitrogen and oxygen atoms in total. The number of hydrogen-bond donors (Lipinski definition) is 1. The molecule has 0 amide bonds. The van der Waals surface area contributed by atoms with Crippen LogP contribution in [0.25, 0.3) is 0 Å². The van der Waals surface area contributed by atoms with E-state index in [1.807, 2.05) is 33.9 Å². The zero-order chi connectivity index (χ0) is 16.3. The topological polar surface area (TPSA) is 49.4 Å². The Kier molecular flexibility index (Phi) is 5.96. The van der Waals surface area contributed by atoms with Gasteiger partial charge in [0, 0.05) is 20.1 Å². The number of aryl methyl sites for hydroxylation is 1. The van der Waals surface area contributed by atoms with Crippen LogP contribution in [0, 0.1) is 5.41 Å². The minimum Gasteiger partial charge on any atom is -0.316 e. The second-order valence-electron chi connectivity index (χ2n) is 6.64. The molecule has 5 heteroatoms. The molecule has 0 radical (unpaired) electrons. The Morgan fingerprint density at radius 2 is 1.81 bits per heavy atom. The summed E-state index contributed by atoms with van der Waals surface area (Å²) in [5, 5.41) is 3.10. The molecule has 0 saturated carbocycles. The van der Waals surface area contributed by atoms with Crippen molar-refractivity contribution < 1.29 is 8.42 Å². The van der Waals surface area contributed by atoms with Gasteiger partial charge in [-0.2, -0.15) is 0 Å². The molecule has 0 saturated heterocycles. The summed E-state index contributed by atoms with van der Waals surface area (Å²) in [4.78, 5) is 0.372. The van der Waals surface area contributed by atoms with Crippen LogP contribution in [0.5, 0.6) is 0 Å². The fourth-order valence-corrected chi connectivity index (χ4v) is 3.84. The maximum absolute atomic E-state index is 12.7. The van der Waals surface area contributed by atoms with E-state index < -0.39 is 10.0 Å². The highest BCUT2D eigenvalue weighted by Gasteiger charge is 2.25. The molecule has 1 rings (SSSR count). The van der Waals surface area contributed by atoms with Crippen LogP contribution < -0.4 is 5.32 Å². The third kappa shape index (κ3) is 4.80. The summed E-state index contributed by atoms with van der Waals surface area (Å²) in [6.07, 6.45) is 0.898. The minimum absolute atomic E-state index is 0.0705. The Morgan fingerprint density at radius 1 is 1.19 bits per heavy atom. The molecule has 0 aliphatic heterocycles. The Labute approximate surface area is 129 Å². The zero-order valence-corrected chi connectivity index (χ0v) is 14.8. The van der Waals surface area contributed by atoms with Crippen LogP contribution in [0.1, 0.15) is 38.8 Å². The van der Waals surface area contributed by atoms with E-state index in [-0.39, 0.29) is 5.41 Å². The van der Waals surface area contributed by atoms with Crippen molar-refractivity contribution >= 4 is 10.0 Å². The van der Waals surface area contributed by atoms with E-state index in [0.717, 1.165) is 12.0 Å². The van der Waals surface area contributed by atoms with E-state index in [2.05, 4.69) is 12.2 Å². The van der Waals surface area contributed by atoms with Gasteiger partial charge in [-0.05, 0) is 42.1 Å². The lowest BCUT2D eigenvalue weighted by Crippen LogP contribution is -2.34. The van der Waals surface area contributed by atoms with Crippen molar-refractivity contribution in [3.05, 3.63) is 29.3 Å². The molecule has 0 bridgehead atoms. The molecule has 0 fully saturated rings. The third-order valence-electron chi connectivity index (χ3n) is 3.33. The van der Waals surface area contributed by atoms with Gasteiger partial charge in [0.05, 0.1) is 4.90 Å². The van der Waals surface area contributed by atoms with Crippen molar-refractivity contribution in [3.63, 3.8) is 0 Å². The standard InChI is InChI=1S/C16H28N2O2S/c1-7-13-8-9-15(10-14(13)11-17-5)21(19,20)18(6)12-16(2,3)4/h8-10,17H,7,11-12H2,1-6H3. The Hall–Kier alpha value is -0.910. The Morgan fingerprint density at radius 3 is 2.29 bits per heavy atom. The zero-order valence-electron chi connectivity index (χ0n) is 14.0. The highest BCUT2D eigenvalue weighted by Crippen LogP contribution is 2.23. The third-order valence-corrected chi connectivity index (χ3v) is 5.13. The van der Waals surface area contributed by atoms with Gasteiger partial charge in [-0.1, -0.05) is 33.8 Å². The lowest BCUT2D eigenvalue weighted by Gasteiger charge is -2.26. The number of rotatable bonds is 6. The molecule has 1 N–H and O–H groups in total. The van der Waals surface area contributed by atoms with E-state index in [1.54, 1.807) is 19.2 Å². The van der Waals surface area contributed by atoms with Crippen LogP contribution in [-0.2, 0) is 23.0 Å². The summed E-state index contributed by atoms with van der Waals surface area (Å²) >= 11 is 0. The van der Waals surface area contributed by atoms with E-state index in [1.165, 1.54) is 9.87 Å². The van der Waals surface area contributed by atoms with Gasteiger partial charge in [0.25, 0.3) is 0 Å². The smallest absolute Gasteiger partial charge is 0.242 e. The number of nitrogens with zero attached hydrogens (tertiary/aromatic N) is 1. The number of sulfonamides is 1. The fraction of sp³-hybridized carbons (Fsp3) is 0.625. The Balaban J connectivity index is 3.16. The van der Waals surface area contributed by atoms with E-state index in [0.29, 0.717) is 18.0 Å². The van der Waals surface area contributed by atoms with Crippen LogP contribution in [0.4, 0.5) is 0 Å². The first-order valence-electron chi connectivity index (χ1n) is 7.34. The van der Waals surface area contributed by atoms with Gasteiger partial charge in [0.2, 0.25) is 10.0 Å². The minimum atomic E-state index is -3.43. The first-order chi connectivity index (χ1) is 9.61. The van der Waals surface area contributed by atoms with Crippen molar-refractivity contribution in [3.8, 4) is 0 Å². The molecule has 0 heterocycles. The van der Waals surface area contributed by atoms with Gasteiger partial charge in [-0.15, -0.1) is 0 Å². The maximum atomic E-state index is 12.7. The summed E-state index contributed by atoms with van der Waals surface area (Å²) in [6, 6.07) is 5.43. The van der Waals surface area contributed by atoms with Gasteiger partial charge in [0.1, 0.15) is 0 Å². The van der Waals surface area contributed by atoms with Crippen molar-refractivity contribution in [2.24, 2.45) is 5.41 Å². The Bertz CT molecular complexity index is 574. The van der Waals surface area contributed by atoms with Crippen molar-refractivity contribution in [1.82, 2.24) is 9.62 Å². The van der Waals surface area contributed by atoms with Gasteiger partial charge in [-0.3, -0.25) is 0 Å². The molecule has 0 aliphatic rings. The molecule has 0 atom stereocenters. The van der Waals surface area contributed by atoms with Crippen LogP contribution in [-0.4, -0.2) is 33.4 Å². The van der Waals surface area contributed by atoms with Gasteiger partial charge in [-0.25, -0.2) is 12.7 Å². The summed E-state index contributed by atoms with van der Waals surface area (Å²) < 4.78 is 26.8. The summed E-state index contributed by atoms with van der Waals surface area (Å²) in [5.74, 6) is 0. The highest BCUT2D eigenvalue weighted by atomic mass is 32.2. The van der Waals surface area contributed by atoms with Crippen LogP contribution in [0.15, 0.2) is 23.1 Å². The normalized spacial score (nSPS) is 12.9. The average Bonchev–Trinajstić information content (AvgIpc) is 2.37. The van der Waals surface area contributed by atoms with Crippen LogP contribution in [0.3, 0.4) is 0 Å². The maximum Gasteiger partial charge on any atom is 0.242 e. The summed E-state index contributed by atoms with van der Waals surface area (Å²) in [7, 11) is 0.0799. The van der Waals surface area contributed by atoms with Crippen LogP contribution in [0.2, 0.25) is 0 Å². The lowest BCUT2D eigenvalue weighted by molar-refractivity contribution is 0.311. The molecule has 0 aliphatic carbocycles.